The van der Waals surface area contributed by atoms with Gasteiger partial charge in [-0.05, 0) is 36.4 Å². The van der Waals surface area contributed by atoms with Gasteiger partial charge in [-0.25, -0.2) is 4.39 Å². The van der Waals surface area contributed by atoms with Crippen molar-refractivity contribution in [3.8, 4) is 5.75 Å². The number of piperazine rings is 1. The van der Waals surface area contributed by atoms with Crippen LogP contribution in [-0.2, 0) is 11.3 Å². The molecule has 0 aliphatic carbocycles. The summed E-state index contributed by atoms with van der Waals surface area (Å²) >= 11 is 6.09. The second kappa shape index (κ2) is 9.71. The normalized spacial score (nSPS) is 14.5. The predicted molar refractivity (Wildman–Crippen MR) is 109 cm³/mol. The third-order valence-electron chi connectivity index (χ3n) is 4.85. The van der Waals surface area contributed by atoms with Gasteiger partial charge in [0, 0.05) is 48.9 Å². The molecule has 2 aromatic carbocycles. The minimum Gasteiger partial charge on any atom is -0.496 e. The predicted octanol–water partition coefficient (Wildman–Crippen LogP) is 2.56. The summed E-state index contributed by atoms with van der Waals surface area (Å²) in [4.78, 5) is 28.4. The Hall–Kier alpha value is -2.64. The largest absolute Gasteiger partial charge is 0.496 e. The summed E-state index contributed by atoms with van der Waals surface area (Å²) in [6.45, 7) is 3.12. The molecule has 1 aliphatic heterocycles. The molecule has 0 atom stereocenters. The van der Waals surface area contributed by atoms with Crippen molar-refractivity contribution in [3.05, 3.63) is 64.4 Å². The van der Waals surface area contributed by atoms with Crippen LogP contribution in [0.25, 0.3) is 0 Å². The Balaban J connectivity index is 1.47. The number of methoxy groups -OCH3 is 1. The van der Waals surface area contributed by atoms with Crippen LogP contribution in [0.5, 0.6) is 5.75 Å². The highest BCUT2D eigenvalue weighted by atomic mass is 35.5. The van der Waals surface area contributed by atoms with E-state index in [0.717, 1.165) is 17.4 Å². The molecule has 0 saturated carbocycles. The summed E-state index contributed by atoms with van der Waals surface area (Å²) < 4.78 is 18.6. The lowest BCUT2D eigenvalue weighted by atomic mass is 10.1. The van der Waals surface area contributed by atoms with E-state index in [2.05, 4.69) is 10.2 Å². The molecule has 0 unspecified atom stereocenters. The molecule has 1 heterocycles. The molecule has 0 aromatic heterocycles. The van der Waals surface area contributed by atoms with Crippen LogP contribution in [0, 0.1) is 5.82 Å². The van der Waals surface area contributed by atoms with Gasteiger partial charge in [0.1, 0.15) is 11.6 Å². The molecule has 6 nitrogen and oxygen atoms in total. The number of hydrogen-bond donors (Lipinski definition) is 1. The summed E-state index contributed by atoms with van der Waals surface area (Å²) in [5.41, 5.74) is 1.19. The third-order valence-corrected chi connectivity index (χ3v) is 5.08. The van der Waals surface area contributed by atoms with Crippen LogP contribution in [0.15, 0.2) is 42.5 Å². The average molecular weight is 420 g/mol. The van der Waals surface area contributed by atoms with Gasteiger partial charge in [-0.15, -0.1) is 0 Å². The fourth-order valence-corrected chi connectivity index (χ4v) is 3.46. The molecule has 154 valence electrons. The Morgan fingerprint density at radius 1 is 1.14 bits per heavy atom. The number of amides is 2. The van der Waals surface area contributed by atoms with Gasteiger partial charge in [0.25, 0.3) is 5.91 Å². The summed E-state index contributed by atoms with van der Waals surface area (Å²) in [5.74, 6) is -0.330. The molecule has 0 radical (unpaired) electrons. The van der Waals surface area contributed by atoms with Crippen molar-refractivity contribution in [2.24, 2.45) is 0 Å². The second-order valence-corrected chi connectivity index (χ2v) is 7.24. The van der Waals surface area contributed by atoms with Crippen molar-refractivity contribution >= 4 is 23.4 Å². The topological polar surface area (TPSA) is 61.9 Å². The van der Waals surface area contributed by atoms with Gasteiger partial charge in [0.2, 0.25) is 5.91 Å². The Morgan fingerprint density at radius 2 is 1.90 bits per heavy atom. The van der Waals surface area contributed by atoms with Crippen molar-refractivity contribution in [1.82, 2.24) is 15.1 Å². The molecule has 1 saturated heterocycles. The Kier molecular flexibility index (Phi) is 7.06. The molecule has 0 bridgehead atoms. The first-order chi connectivity index (χ1) is 14.0. The van der Waals surface area contributed by atoms with Gasteiger partial charge < -0.3 is 15.0 Å². The summed E-state index contributed by atoms with van der Waals surface area (Å²) in [5, 5.41) is 3.21. The Bertz CT molecular complexity index is 885. The van der Waals surface area contributed by atoms with Crippen LogP contribution in [0.4, 0.5) is 4.39 Å². The zero-order valence-corrected chi connectivity index (χ0v) is 16.9. The summed E-state index contributed by atoms with van der Waals surface area (Å²) in [6, 6.07) is 10.9. The quantitative estimate of drug-likeness (QED) is 0.781. The van der Waals surface area contributed by atoms with Crippen LogP contribution in [0.1, 0.15) is 15.9 Å². The first-order valence-electron chi connectivity index (χ1n) is 9.32. The number of rotatable bonds is 6. The van der Waals surface area contributed by atoms with Crippen molar-refractivity contribution in [2.45, 2.75) is 6.54 Å². The van der Waals surface area contributed by atoms with E-state index in [9.17, 15) is 14.0 Å². The molecule has 1 aliphatic rings. The van der Waals surface area contributed by atoms with Crippen molar-refractivity contribution in [2.75, 3.05) is 39.8 Å². The zero-order valence-electron chi connectivity index (χ0n) is 16.2. The van der Waals surface area contributed by atoms with E-state index in [1.807, 2.05) is 12.1 Å². The standard InChI is InChI=1S/C21H23ClFN3O3/c1-29-19-6-5-17(22)11-16(19)14-25-7-9-26(10-8-25)20(27)13-24-21(28)15-3-2-4-18(23)12-15/h2-6,11-12H,7-10,13-14H2,1H3,(H,24,28). The number of nitrogens with one attached hydrogen (secondary N) is 1. The zero-order chi connectivity index (χ0) is 20.8. The van der Waals surface area contributed by atoms with Crippen molar-refractivity contribution in [1.29, 1.82) is 0 Å². The number of nitrogens with zero attached hydrogens (tertiary/aromatic N) is 2. The average Bonchev–Trinajstić information content (AvgIpc) is 2.72. The molecule has 0 spiro atoms. The van der Waals surface area contributed by atoms with E-state index in [1.165, 1.54) is 18.2 Å². The van der Waals surface area contributed by atoms with Gasteiger partial charge in [0.15, 0.2) is 0 Å². The molecule has 1 fully saturated rings. The van der Waals surface area contributed by atoms with Crippen molar-refractivity contribution < 1.29 is 18.7 Å². The molecule has 29 heavy (non-hydrogen) atoms. The van der Waals surface area contributed by atoms with E-state index in [0.29, 0.717) is 37.7 Å². The summed E-state index contributed by atoms with van der Waals surface area (Å²) in [6.07, 6.45) is 0. The van der Waals surface area contributed by atoms with E-state index in [1.54, 1.807) is 18.1 Å². The first-order valence-corrected chi connectivity index (χ1v) is 9.70. The van der Waals surface area contributed by atoms with E-state index in [4.69, 9.17) is 16.3 Å². The Morgan fingerprint density at radius 3 is 2.59 bits per heavy atom. The smallest absolute Gasteiger partial charge is 0.251 e. The lowest BCUT2D eigenvalue weighted by Crippen LogP contribution is -2.50. The van der Waals surface area contributed by atoms with E-state index >= 15 is 0 Å². The maximum atomic E-state index is 13.2. The van der Waals surface area contributed by atoms with Crippen LogP contribution >= 0.6 is 11.6 Å². The number of carbonyl (C=O) groups excluding carboxylic acids is 2. The van der Waals surface area contributed by atoms with Gasteiger partial charge in [-0.3, -0.25) is 14.5 Å². The maximum Gasteiger partial charge on any atom is 0.251 e. The number of hydrogen-bond acceptors (Lipinski definition) is 4. The second-order valence-electron chi connectivity index (χ2n) is 6.81. The fraction of sp³-hybridized carbons (Fsp3) is 0.333. The fourth-order valence-electron chi connectivity index (χ4n) is 3.27. The van der Waals surface area contributed by atoms with Crippen LogP contribution in [0.3, 0.4) is 0 Å². The lowest BCUT2D eigenvalue weighted by molar-refractivity contribution is -0.131. The number of benzene rings is 2. The van der Waals surface area contributed by atoms with Crippen LogP contribution in [-0.4, -0.2) is 61.4 Å². The number of carbonyl (C=O) groups is 2. The van der Waals surface area contributed by atoms with E-state index in [-0.39, 0.29) is 18.0 Å². The lowest BCUT2D eigenvalue weighted by Gasteiger charge is -2.35. The van der Waals surface area contributed by atoms with Gasteiger partial charge in [0.05, 0.1) is 13.7 Å². The maximum absolute atomic E-state index is 13.2. The molecule has 1 N–H and O–H groups in total. The summed E-state index contributed by atoms with van der Waals surface area (Å²) in [7, 11) is 1.63. The molecule has 2 aromatic rings. The van der Waals surface area contributed by atoms with Gasteiger partial charge >= 0.3 is 0 Å². The first kappa shape index (κ1) is 21.1. The minimum atomic E-state index is -0.489. The van der Waals surface area contributed by atoms with Crippen LogP contribution < -0.4 is 10.1 Å². The Labute approximate surface area is 174 Å². The number of halogens is 2. The molecule has 8 heteroatoms. The minimum absolute atomic E-state index is 0.114. The molecule has 2 amide bonds. The highest BCUT2D eigenvalue weighted by molar-refractivity contribution is 6.30. The van der Waals surface area contributed by atoms with Gasteiger partial charge in [-0.2, -0.15) is 0 Å². The molecule has 3 rings (SSSR count). The SMILES string of the molecule is COc1ccc(Cl)cc1CN1CCN(C(=O)CNC(=O)c2cccc(F)c2)CC1. The number of ether oxygens (including phenoxy) is 1. The monoisotopic (exact) mass is 419 g/mol. The van der Waals surface area contributed by atoms with Crippen molar-refractivity contribution in [3.63, 3.8) is 0 Å². The molecular weight excluding hydrogens is 397 g/mol. The van der Waals surface area contributed by atoms with Gasteiger partial charge in [-0.1, -0.05) is 17.7 Å². The third kappa shape index (κ3) is 5.68. The molecular formula is C21H23ClFN3O3. The highest BCUT2D eigenvalue weighted by Gasteiger charge is 2.22. The van der Waals surface area contributed by atoms with Crippen LogP contribution in [0.2, 0.25) is 5.02 Å². The van der Waals surface area contributed by atoms with E-state index < -0.39 is 11.7 Å². The highest BCUT2D eigenvalue weighted by Crippen LogP contribution is 2.24.